The van der Waals surface area contributed by atoms with Crippen molar-refractivity contribution in [3.63, 3.8) is 0 Å². The highest BCUT2D eigenvalue weighted by atomic mass is 35.5. The molecule has 0 bridgehead atoms. The predicted molar refractivity (Wildman–Crippen MR) is 108 cm³/mol. The van der Waals surface area contributed by atoms with E-state index in [9.17, 15) is 18.0 Å². The standard InChI is InChI=1S/C19H22F3N3OS.ClH/c1-13-2-4-14(5-3-13)15-6-11-27-17(15)18(26)24-12-16(19(20,21)22)25-9-7-23-8-10-25;/h2-6,11,16,23H,7-10,12H2,1H3,(H,24,26);1H. The summed E-state index contributed by atoms with van der Waals surface area (Å²) < 4.78 is 40.4. The van der Waals surface area contributed by atoms with E-state index in [1.807, 2.05) is 37.3 Å². The molecule has 3 rings (SSSR count). The van der Waals surface area contributed by atoms with Gasteiger partial charge in [0.05, 0.1) is 4.88 Å². The highest BCUT2D eigenvalue weighted by Crippen LogP contribution is 2.29. The van der Waals surface area contributed by atoms with Gasteiger partial charge in [0, 0.05) is 38.3 Å². The summed E-state index contributed by atoms with van der Waals surface area (Å²) in [4.78, 5) is 14.4. The van der Waals surface area contributed by atoms with Crippen LogP contribution in [0.25, 0.3) is 11.1 Å². The third-order valence-corrected chi connectivity index (χ3v) is 5.57. The molecular formula is C19H23ClF3N3OS. The van der Waals surface area contributed by atoms with Crippen LogP contribution in [0.2, 0.25) is 0 Å². The van der Waals surface area contributed by atoms with Gasteiger partial charge in [0.15, 0.2) is 0 Å². The number of nitrogens with one attached hydrogen (secondary N) is 2. The van der Waals surface area contributed by atoms with Crippen LogP contribution in [0.5, 0.6) is 0 Å². The molecule has 2 aromatic rings. The Balaban J connectivity index is 0.00000280. The van der Waals surface area contributed by atoms with Crippen LogP contribution in [0, 0.1) is 6.92 Å². The van der Waals surface area contributed by atoms with Crippen molar-refractivity contribution >= 4 is 29.7 Å². The maximum absolute atomic E-state index is 13.5. The van der Waals surface area contributed by atoms with E-state index in [0.29, 0.717) is 31.1 Å². The smallest absolute Gasteiger partial charge is 0.349 e. The Labute approximate surface area is 172 Å². The molecule has 1 fully saturated rings. The lowest BCUT2D eigenvalue weighted by atomic mass is 10.0. The Morgan fingerprint density at radius 1 is 1.21 bits per heavy atom. The van der Waals surface area contributed by atoms with E-state index < -0.39 is 24.7 Å². The second-order valence-corrected chi connectivity index (χ2v) is 7.50. The van der Waals surface area contributed by atoms with Crippen LogP contribution in [0.1, 0.15) is 15.2 Å². The number of amides is 1. The van der Waals surface area contributed by atoms with Gasteiger partial charge in [-0.15, -0.1) is 23.7 Å². The minimum absolute atomic E-state index is 0. The van der Waals surface area contributed by atoms with E-state index in [1.165, 1.54) is 16.2 Å². The molecule has 154 valence electrons. The van der Waals surface area contributed by atoms with E-state index in [1.54, 1.807) is 5.38 Å². The molecule has 28 heavy (non-hydrogen) atoms. The maximum atomic E-state index is 13.5. The number of carbonyl (C=O) groups is 1. The van der Waals surface area contributed by atoms with Gasteiger partial charge in [-0.2, -0.15) is 13.2 Å². The van der Waals surface area contributed by atoms with Gasteiger partial charge in [-0.25, -0.2) is 0 Å². The molecule has 2 N–H and O–H groups in total. The predicted octanol–water partition coefficient (Wildman–Crippen LogP) is 3.71. The van der Waals surface area contributed by atoms with Crippen molar-refractivity contribution in [3.05, 3.63) is 46.2 Å². The highest BCUT2D eigenvalue weighted by Gasteiger charge is 2.43. The topological polar surface area (TPSA) is 44.4 Å². The summed E-state index contributed by atoms with van der Waals surface area (Å²) >= 11 is 1.23. The Kier molecular flexibility index (Phi) is 7.88. The third-order valence-electron chi connectivity index (χ3n) is 4.66. The number of hydrogen-bond acceptors (Lipinski definition) is 4. The van der Waals surface area contributed by atoms with Crippen molar-refractivity contribution in [3.8, 4) is 11.1 Å². The number of aryl methyl sites for hydroxylation is 1. The number of carbonyl (C=O) groups excluding carboxylic acids is 1. The number of thiophene rings is 1. The van der Waals surface area contributed by atoms with Crippen LogP contribution in [-0.2, 0) is 0 Å². The molecule has 1 aliphatic heterocycles. The minimum atomic E-state index is -4.39. The first-order valence-electron chi connectivity index (χ1n) is 8.80. The van der Waals surface area contributed by atoms with Crippen molar-refractivity contribution in [2.24, 2.45) is 0 Å². The average molecular weight is 434 g/mol. The summed E-state index contributed by atoms with van der Waals surface area (Å²) in [6.07, 6.45) is -4.39. The summed E-state index contributed by atoms with van der Waals surface area (Å²) in [6.45, 7) is 3.18. The molecule has 1 atom stereocenters. The number of alkyl halides is 3. The molecule has 2 heterocycles. The summed E-state index contributed by atoms with van der Waals surface area (Å²) in [5.41, 5.74) is 2.72. The lowest BCUT2D eigenvalue weighted by molar-refractivity contribution is -0.183. The lowest BCUT2D eigenvalue weighted by Crippen LogP contribution is -2.57. The molecule has 0 saturated carbocycles. The number of halogens is 4. The first kappa shape index (κ1) is 22.7. The second-order valence-electron chi connectivity index (χ2n) is 6.58. The van der Waals surface area contributed by atoms with Gasteiger partial charge in [-0.1, -0.05) is 29.8 Å². The van der Waals surface area contributed by atoms with Gasteiger partial charge < -0.3 is 10.6 Å². The minimum Gasteiger partial charge on any atom is -0.349 e. The number of rotatable bonds is 5. The molecule has 9 heteroatoms. The van der Waals surface area contributed by atoms with Gasteiger partial charge in [0.1, 0.15) is 6.04 Å². The van der Waals surface area contributed by atoms with Crippen LogP contribution >= 0.6 is 23.7 Å². The van der Waals surface area contributed by atoms with Crippen molar-refractivity contribution in [2.45, 2.75) is 19.1 Å². The fourth-order valence-electron chi connectivity index (χ4n) is 3.16. The van der Waals surface area contributed by atoms with Gasteiger partial charge in [0.25, 0.3) is 5.91 Å². The molecule has 0 radical (unpaired) electrons. The first-order chi connectivity index (χ1) is 12.9. The van der Waals surface area contributed by atoms with Crippen molar-refractivity contribution in [1.82, 2.24) is 15.5 Å². The van der Waals surface area contributed by atoms with Crippen molar-refractivity contribution in [1.29, 1.82) is 0 Å². The summed E-state index contributed by atoms with van der Waals surface area (Å²) in [5.74, 6) is -0.468. The lowest BCUT2D eigenvalue weighted by Gasteiger charge is -2.35. The normalized spacial score (nSPS) is 16.3. The molecule has 1 aromatic heterocycles. The van der Waals surface area contributed by atoms with Crippen LogP contribution < -0.4 is 10.6 Å². The zero-order valence-corrected chi connectivity index (χ0v) is 17.0. The van der Waals surface area contributed by atoms with Gasteiger partial charge in [-0.3, -0.25) is 9.69 Å². The van der Waals surface area contributed by atoms with E-state index in [0.717, 1.165) is 16.7 Å². The zero-order chi connectivity index (χ0) is 19.4. The van der Waals surface area contributed by atoms with Crippen molar-refractivity contribution < 1.29 is 18.0 Å². The molecule has 4 nitrogen and oxygen atoms in total. The van der Waals surface area contributed by atoms with E-state index in [-0.39, 0.29) is 12.4 Å². The van der Waals surface area contributed by atoms with Gasteiger partial charge in [-0.05, 0) is 23.9 Å². The van der Waals surface area contributed by atoms with Gasteiger partial charge in [0.2, 0.25) is 0 Å². The Bertz CT molecular complexity index is 773. The van der Waals surface area contributed by atoms with Gasteiger partial charge >= 0.3 is 6.18 Å². The molecule has 1 unspecified atom stereocenters. The number of piperazine rings is 1. The van der Waals surface area contributed by atoms with Crippen LogP contribution in [-0.4, -0.2) is 55.7 Å². The number of benzene rings is 1. The molecule has 0 aliphatic carbocycles. The highest BCUT2D eigenvalue weighted by molar-refractivity contribution is 7.12. The molecule has 0 spiro atoms. The summed E-state index contributed by atoms with van der Waals surface area (Å²) in [5, 5.41) is 7.32. The number of hydrogen-bond donors (Lipinski definition) is 2. The Morgan fingerprint density at radius 2 is 1.86 bits per heavy atom. The third kappa shape index (κ3) is 5.47. The van der Waals surface area contributed by atoms with Crippen LogP contribution in [0.4, 0.5) is 13.2 Å². The maximum Gasteiger partial charge on any atom is 0.405 e. The molecule has 1 amide bonds. The Morgan fingerprint density at radius 3 is 2.46 bits per heavy atom. The molecule has 1 saturated heterocycles. The molecule has 1 aliphatic rings. The number of nitrogens with zero attached hydrogens (tertiary/aromatic N) is 1. The SMILES string of the molecule is Cc1ccc(-c2ccsc2C(=O)NCC(N2CCNCC2)C(F)(F)F)cc1.Cl. The zero-order valence-electron chi connectivity index (χ0n) is 15.4. The Hall–Kier alpha value is -1.61. The van der Waals surface area contributed by atoms with Crippen LogP contribution in [0.3, 0.4) is 0 Å². The molecular weight excluding hydrogens is 411 g/mol. The monoisotopic (exact) mass is 433 g/mol. The fourth-order valence-corrected chi connectivity index (χ4v) is 3.99. The summed E-state index contributed by atoms with van der Waals surface area (Å²) in [6, 6.07) is 7.85. The second kappa shape index (κ2) is 9.73. The van der Waals surface area contributed by atoms with E-state index >= 15 is 0 Å². The first-order valence-corrected chi connectivity index (χ1v) is 9.68. The largest absolute Gasteiger partial charge is 0.405 e. The van der Waals surface area contributed by atoms with E-state index in [2.05, 4.69) is 10.6 Å². The van der Waals surface area contributed by atoms with Crippen LogP contribution in [0.15, 0.2) is 35.7 Å². The van der Waals surface area contributed by atoms with E-state index in [4.69, 9.17) is 0 Å². The quantitative estimate of drug-likeness (QED) is 0.755. The fraction of sp³-hybridized carbons (Fsp3) is 0.421. The summed E-state index contributed by atoms with van der Waals surface area (Å²) in [7, 11) is 0. The average Bonchev–Trinajstić information content (AvgIpc) is 3.12. The van der Waals surface area contributed by atoms with Crippen molar-refractivity contribution in [2.75, 3.05) is 32.7 Å². The molecule has 1 aromatic carbocycles.